The van der Waals surface area contributed by atoms with E-state index in [1.165, 1.54) is 87.7 Å². The Morgan fingerprint density at radius 3 is 2.16 bits per heavy atom. The summed E-state index contributed by atoms with van der Waals surface area (Å²) in [5, 5.41) is 2.51. The molecule has 0 aliphatic rings. The maximum absolute atomic E-state index is 13.8. The number of anilines is 1. The van der Waals surface area contributed by atoms with E-state index in [0.717, 1.165) is 4.31 Å². The van der Waals surface area contributed by atoms with E-state index in [4.69, 9.17) is 9.47 Å². The average molecular weight is 544 g/mol. The van der Waals surface area contributed by atoms with Crippen molar-refractivity contribution in [1.29, 1.82) is 0 Å². The van der Waals surface area contributed by atoms with Gasteiger partial charge in [0.05, 0.1) is 24.8 Å². The summed E-state index contributed by atoms with van der Waals surface area (Å²) in [6.07, 6.45) is 0. The molecule has 38 heavy (non-hydrogen) atoms. The summed E-state index contributed by atoms with van der Waals surface area (Å²) < 4.78 is 52.6. The molecule has 0 radical (unpaired) electrons. The molecule has 1 N–H and O–H groups in total. The summed E-state index contributed by atoms with van der Waals surface area (Å²) in [7, 11) is 0.0881. The number of likely N-dealkylation sites (N-methyl/N-ethyl adjacent to an activating group) is 1. The molecule has 1 atom stereocenters. The van der Waals surface area contributed by atoms with Crippen molar-refractivity contribution in [1.82, 2.24) is 10.2 Å². The summed E-state index contributed by atoms with van der Waals surface area (Å²) in [6.45, 7) is 0.876. The van der Waals surface area contributed by atoms with Gasteiger partial charge in [0.25, 0.3) is 10.0 Å². The number of carbonyl (C=O) groups excluding carboxylic acids is 2. The molecule has 0 aromatic heterocycles. The van der Waals surface area contributed by atoms with Crippen LogP contribution >= 0.6 is 0 Å². The molecule has 0 bridgehead atoms. The Hall–Kier alpha value is -4.12. The van der Waals surface area contributed by atoms with Crippen LogP contribution in [0.4, 0.5) is 10.1 Å². The van der Waals surface area contributed by atoms with Crippen molar-refractivity contribution < 1.29 is 31.9 Å². The number of carbonyl (C=O) groups is 2. The molecule has 9 nitrogen and oxygen atoms in total. The number of ether oxygens (including phenoxy) is 2. The van der Waals surface area contributed by atoms with Gasteiger partial charge in [-0.25, -0.2) is 12.8 Å². The van der Waals surface area contributed by atoms with Crippen LogP contribution in [0.25, 0.3) is 0 Å². The van der Waals surface area contributed by atoms with Gasteiger partial charge in [-0.05, 0) is 48.9 Å². The van der Waals surface area contributed by atoms with Crippen LogP contribution in [0, 0.1) is 5.82 Å². The van der Waals surface area contributed by atoms with E-state index in [1.54, 1.807) is 18.2 Å². The van der Waals surface area contributed by atoms with E-state index in [-0.39, 0.29) is 22.9 Å². The summed E-state index contributed by atoms with van der Waals surface area (Å²) in [6, 6.07) is 16.7. The minimum atomic E-state index is -4.22. The van der Waals surface area contributed by atoms with Crippen molar-refractivity contribution in [2.45, 2.75) is 24.4 Å². The van der Waals surface area contributed by atoms with Gasteiger partial charge >= 0.3 is 0 Å². The first-order valence-electron chi connectivity index (χ1n) is 11.7. The van der Waals surface area contributed by atoms with E-state index in [9.17, 15) is 22.4 Å². The number of sulfonamides is 1. The Bertz CT molecular complexity index is 1370. The van der Waals surface area contributed by atoms with E-state index in [0.29, 0.717) is 11.3 Å². The maximum atomic E-state index is 13.8. The summed E-state index contributed by atoms with van der Waals surface area (Å²) >= 11 is 0. The smallest absolute Gasteiger partial charge is 0.264 e. The van der Waals surface area contributed by atoms with E-state index >= 15 is 0 Å². The molecular formula is C27H30FN3O6S. The van der Waals surface area contributed by atoms with Gasteiger partial charge in [-0.1, -0.05) is 30.3 Å². The summed E-state index contributed by atoms with van der Waals surface area (Å²) in [4.78, 5) is 27.5. The van der Waals surface area contributed by atoms with Crippen molar-refractivity contribution in [2.75, 3.05) is 32.1 Å². The van der Waals surface area contributed by atoms with Crippen LogP contribution in [0.1, 0.15) is 12.5 Å². The topological polar surface area (TPSA) is 105 Å². The Labute approximate surface area is 221 Å². The van der Waals surface area contributed by atoms with Gasteiger partial charge < -0.3 is 19.7 Å². The van der Waals surface area contributed by atoms with Gasteiger partial charge in [0.15, 0.2) is 11.5 Å². The molecule has 3 aromatic rings. The first kappa shape index (κ1) is 28.5. The number of methoxy groups -OCH3 is 2. The lowest BCUT2D eigenvalue weighted by Crippen LogP contribution is -2.50. The van der Waals surface area contributed by atoms with Crippen molar-refractivity contribution in [3.63, 3.8) is 0 Å². The zero-order valence-electron chi connectivity index (χ0n) is 21.5. The van der Waals surface area contributed by atoms with Crippen LogP contribution < -0.4 is 19.1 Å². The zero-order chi connectivity index (χ0) is 27.9. The molecule has 2 amide bonds. The second-order valence-corrected chi connectivity index (χ2v) is 10.2. The highest BCUT2D eigenvalue weighted by Gasteiger charge is 2.32. The third-order valence-corrected chi connectivity index (χ3v) is 7.73. The highest BCUT2D eigenvalue weighted by Crippen LogP contribution is 2.34. The minimum Gasteiger partial charge on any atom is -0.493 e. The standard InChI is InChI=1S/C27H30FN3O6S/c1-19(27(33)29-2)30(17-20-10-12-21(28)13-11-20)26(32)18-31(38(34,35)23-8-6-5-7-9-23)22-14-15-24(36-3)25(16-22)37-4/h5-16,19H,17-18H2,1-4H3,(H,29,33). The Balaban J connectivity index is 2.07. The fourth-order valence-corrected chi connectivity index (χ4v) is 5.23. The number of amides is 2. The van der Waals surface area contributed by atoms with E-state index < -0.39 is 40.2 Å². The fourth-order valence-electron chi connectivity index (χ4n) is 3.81. The highest BCUT2D eigenvalue weighted by atomic mass is 32.2. The van der Waals surface area contributed by atoms with Crippen molar-refractivity contribution >= 4 is 27.5 Å². The molecule has 202 valence electrons. The van der Waals surface area contributed by atoms with Crippen LogP contribution in [-0.2, 0) is 26.2 Å². The number of benzene rings is 3. The maximum Gasteiger partial charge on any atom is 0.264 e. The number of halogens is 1. The first-order chi connectivity index (χ1) is 18.1. The lowest BCUT2D eigenvalue weighted by atomic mass is 10.1. The SMILES string of the molecule is CNC(=O)C(C)N(Cc1ccc(F)cc1)C(=O)CN(c1ccc(OC)c(OC)c1)S(=O)(=O)c1ccccc1. The third kappa shape index (κ3) is 6.41. The number of nitrogens with one attached hydrogen (secondary N) is 1. The van der Waals surface area contributed by atoms with Crippen LogP contribution in [-0.4, -0.2) is 59.0 Å². The lowest BCUT2D eigenvalue weighted by Gasteiger charge is -2.32. The largest absolute Gasteiger partial charge is 0.493 e. The predicted molar refractivity (Wildman–Crippen MR) is 141 cm³/mol. The van der Waals surface area contributed by atoms with Crippen LogP contribution in [0.2, 0.25) is 0 Å². The van der Waals surface area contributed by atoms with Gasteiger partial charge in [-0.15, -0.1) is 0 Å². The molecule has 0 aliphatic heterocycles. The van der Waals surface area contributed by atoms with Crippen molar-refractivity contribution in [3.8, 4) is 11.5 Å². The molecule has 11 heteroatoms. The van der Waals surface area contributed by atoms with Gasteiger partial charge in [0.2, 0.25) is 11.8 Å². The molecule has 3 rings (SSSR count). The van der Waals surface area contributed by atoms with E-state index in [2.05, 4.69) is 5.32 Å². The molecule has 0 saturated heterocycles. The Morgan fingerprint density at radius 2 is 1.58 bits per heavy atom. The quantitative estimate of drug-likeness (QED) is 0.398. The van der Waals surface area contributed by atoms with Gasteiger partial charge in [0, 0.05) is 19.7 Å². The molecule has 0 aliphatic carbocycles. The van der Waals surface area contributed by atoms with Crippen LogP contribution in [0.5, 0.6) is 11.5 Å². The van der Waals surface area contributed by atoms with Crippen LogP contribution in [0.15, 0.2) is 77.7 Å². The molecular weight excluding hydrogens is 513 g/mol. The second kappa shape index (κ2) is 12.4. The van der Waals surface area contributed by atoms with E-state index in [1.807, 2.05) is 0 Å². The van der Waals surface area contributed by atoms with Crippen molar-refractivity contribution in [2.24, 2.45) is 0 Å². The number of nitrogens with zero attached hydrogens (tertiary/aromatic N) is 2. The zero-order valence-corrected chi connectivity index (χ0v) is 22.4. The predicted octanol–water partition coefficient (Wildman–Crippen LogP) is 3.20. The minimum absolute atomic E-state index is 0.0213. The summed E-state index contributed by atoms with van der Waals surface area (Å²) in [5.41, 5.74) is 0.730. The molecule has 3 aromatic carbocycles. The lowest BCUT2D eigenvalue weighted by molar-refractivity contribution is -0.139. The van der Waals surface area contributed by atoms with Gasteiger partial charge in [-0.3, -0.25) is 13.9 Å². The molecule has 0 saturated carbocycles. The molecule has 0 spiro atoms. The monoisotopic (exact) mass is 543 g/mol. The molecule has 0 fully saturated rings. The Kier molecular flexibility index (Phi) is 9.30. The summed E-state index contributed by atoms with van der Waals surface area (Å²) in [5.74, 6) is -0.873. The van der Waals surface area contributed by atoms with Crippen LogP contribution in [0.3, 0.4) is 0 Å². The van der Waals surface area contributed by atoms with Gasteiger partial charge in [-0.2, -0.15) is 0 Å². The number of rotatable bonds is 11. The normalized spacial score (nSPS) is 11.8. The number of hydrogen-bond donors (Lipinski definition) is 1. The third-order valence-electron chi connectivity index (χ3n) is 5.95. The fraction of sp³-hybridized carbons (Fsp3) is 0.259. The van der Waals surface area contributed by atoms with Gasteiger partial charge in [0.1, 0.15) is 18.4 Å². The number of hydrogen-bond acceptors (Lipinski definition) is 6. The first-order valence-corrected chi connectivity index (χ1v) is 13.1. The Morgan fingerprint density at radius 1 is 0.947 bits per heavy atom. The second-order valence-electron chi connectivity index (χ2n) is 8.30. The average Bonchev–Trinajstić information content (AvgIpc) is 2.94. The molecule has 1 unspecified atom stereocenters. The van der Waals surface area contributed by atoms with Crippen molar-refractivity contribution in [3.05, 3.63) is 84.2 Å². The highest BCUT2D eigenvalue weighted by molar-refractivity contribution is 7.92. The molecule has 0 heterocycles.